The number of rotatable bonds is 6. The number of hydrogen-bond donors (Lipinski definition) is 2. The van der Waals surface area contributed by atoms with Crippen LogP contribution >= 0.6 is 0 Å². The van der Waals surface area contributed by atoms with Gasteiger partial charge < -0.3 is 15.7 Å². The zero-order valence-electron chi connectivity index (χ0n) is 11.8. The third-order valence-corrected chi connectivity index (χ3v) is 4.18. The molecule has 0 saturated heterocycles. The van der Waals surface area contributed by atoms with E-state index in [1.807, 2.05) is 0 Å². The molecule has 0 bridgehead atoms. The zero-order valence-corrected chi connectivity index (χ0v) is 11.8. The van der Waals surface area contributed by atoms with Crippen LogP contribution in [0.25, 0.3) is 0 Å². The highest BCUT2D eigenvalue weighted by molar-refractivity contribution is 4.81. The number of hydrogen-bond acceptors (Lipinski definition) is 3. The number of nitrogens with two attached hydrogens (primary N) is 1. The van der Waals surface area contributed by atoms with Crippen LogP contribution in [0.1, 0.15) is 52.4 Å². The molecule has 3 nitrogen and oxygen atoms in total. The largest absolute Gasteiger partial charge is 0.391 e. The van der Waals surface area contributed by atoms with Crippen molar-refractivity contribution in [3.8, 4) is 0 Å². The van der Waals surface area contributed by atoms with E-state index in [4.69, 9.17) is 5.73 Å². The van der Waals surface area contributed by atoms with E-state index in [-0.39, 0.29) is 11.5 Å². The maximum absolute atomic E-state index is 9.98. The van der Waals surface area contributed by atoms with Crippen molar-refractivity contribution in [2.75, 3.05) is 20.1 Å². The van der Waals surface area contributed by atoms with Gasteiger partial charge in [-0.3, -0.25) is 0 Å². The molecule has 2 unspecified atom stereocenters. The minimum absolute atomic E-state index is 0.115. The van der Waals surface area contributed by atoms with Crippen LogP contribution in [0.5, 0.6) is 0 Å². The lowest BCUT2D eigenvalue weighted by atomic mass is 9.87. The van der Waals surface area contributed by atoms with E-state index in [2.05, 4.69) is 25.8 Å². The predicted octanol–water partition coefficient (Wildman–Crippen LogP) is 1.99. The molecule has 1 aliphatic carbocycles. The normalized spacial score (nSPS) is 26.5. The first-order valence-electron chi connectivity index (χ1n) is 7.05. The molecule has 1 rings (SSSR count). The maximum Gasteiger partial charge on any atom is 0.0695 e. The number of likely N-dealkylation sites (N-methyl/N-ethyl adjacent to an activating group) is 1. The molecule has 17 heavy (non-hydrogen) atoms. The van der Waals surface area contributed by atoms with Crippen LogP contribution < -0.4 is 5.73 Å². The summed E-state index contributed by atoms with van der Waals surface area (Å²) in [7, 11) is 2.15. The van der Waals surface area contributed by atoms with E-state index >= 15 is 0 Å². The van der Waals surface area contributed by atoms with Crippen molar-refractivity contribution in [3.63, 3.8) is 0 Å². The highest BCUT2D eigenvalue weighted by atomic mass is 16.3. The van der Waals surface area contributed by atoms with Crippen molar-refractivity contribution in [3.05, 3.63) is 0 Å². The fraction of sp³-hybridized carbons (Fsp3) is 1.00. The quantitative estimate of drug-likeness (QED) is 0.749. The molecule has 0 radical (unpaired) electrons. The van der Waals surface area contributed by atoms with Crippen LogP contribution in [0.15, 0.2) is 0 Å². The Morgan fingerprint density at radius 1 is 1.29 bits per heavy atom. The monoisotopic (exact) mass is 242 g/mol. The zero-order chi connectivity index (χ0) is 12.9. The number of nitrogens with zero attached hydrogens (tertiary/aromatic N) is 1. The van der Waals surface area contributed by atoms with Crippen LogP contribution in [0.4, 0.5) is 0 Å². The maximum atomic E-state index is 9.98. The molecule has 0 spiro atoms. The second-order valence-corrected chi connectivity index (χ2v) is 6.37. The lowest BCUT2D eigenvalue weighted by molar-refractivity contribution is 0.0306. The molecule has 0 aromatic rings. The van der Waals surface area contributed by atoms with E-state index in [9.17, 15) is 5.11 Å². The summed E-state index contributed by atoms with van der Waals surface area (Å²) < 4.78 is 0. The van der Waals surface area contributed by atoms with E-state index in [1.165, 1.54) is 19.3 Å². The first-order valence-corrected chi connectivity index (χ1v) is 7.05. The summed E-state index contributed by atoms with van der Waals surface area (Å²) >= 11 is 0. The molecular weight excluding hydrogens is 212 g/mol. The van der Waals surface area contributed by atoms with E-state index in [1.54, 1.807) is 0 Å². The van der Waals surface area contributed by atoms with Gasteiger partial charge in [-0.2, -0.15) is 0 Å². The molecule has 1 saturated carbocycles. The third-order valence-electron chi connectivity index (χ3n) is 4.18. The molecule has 1 fully saturated rings. The Kier molecular flexibility index (Phi) is 5.90. The van der Waals surface area contributed by atoms with Crippen LogP contribution in [0.3, 0.4) is 0 Å². The van der Waals surface area contributed by atoms with Crippen molar-refractivity contribution >= 4 is 0 Å². The van der Waals surface area contributed by atoms with Gasteiger partial charge in [0.1, 0.15) is 0 Å². The first-order chi connectivity index (χ1) is 7.96. The smallest absolute Gasteiger partial charge is 0.0695 e. The van der Waals surface area contributed by atoms with Crippen LogP contribution in [0.2, 0.25) is 0 Å². The summed E-state index contributed by atoms with van der Waals surface area (Å²) in [5.74, 6) is 0. The SMILES string of the molecule is CN(CCCC(C)(C)CN)C1CCCCC1O. The van der Waals surface area contributed by atoms with E-state index < -0.39 is 0 Å². The molecular formula is C14H30N2O. The molecule has 3 heteroatoms. The Balaban J connectivity index is 2.26. The third kappa shape index (κ3) is 4.94. The fourth-order valence-electron chi connectivity index (χ4n) is 2.68. The van der Waals surface area contributed by atoms with Gasteiger partial charge in [-0.05, 0) is 51.2 Å². The van der Waals surface area contributed by atoms with E-state index in [0.717, 1.165) is 32.4 Å². The standard InChI is InChI=1S/C14H30N2O/c1-14(2,11-15)9-6-10-16(3)12-7-4-5-8-13(12)17/h12-13,17H,4-11,15H2,1-3H3. The van der Waals surface area contributed by atoms with E-state index in [0.29, 0.717) is 6.04 Å². The molecule has 0 heterocycles. The summed E-state index contributed by atoms with van der Waals surface area (Å²) in [5, 5.41) is 9.98. The summed E-state index contributed by atoms with van der Waals surface area (Å²) in [4.78, 5) is 2.34. The van der Waals surface area contributed by atoms with Gasteiger partial charge in [0.05, 0.1) is 6.10 Å². The lowest BCUT2D eigenvalue weighted by Gasteiger charge is -2.35. The molecule has 3 N–H and O–H groups in total. The minimum Gasteiger partial charge on any atom is -0.391 e. The highest BCUT2D eigenvalue weighted by Gasteiger charge is 2.26. The second kappa shape index (κ2) is 6.72. The van der Waals surface area contributed by atoms with Gasteiger partial charge in [0, 0.05) is 6.04 Å². The van der Waals surface area contributed by atoms with Crippen LogP contribution in [-0.4, -0.2) is 42.3 Å². The van der Waals surface area contributed by atoms with Crippen LogP contribution in [0, 0.1) is 5.41 Å². The summed E-state index contributed by atoms with van der Waals surface area (Å²) in [6, 6.07) is 0.379. The van der Waals surface area contributed by atoms with Gasteiger partial charge in [0.2, 0.25) is 0 Å². The van der Waals surface area contributed by atoms with Gasteiger partial charge in [-0.25, -0.2) is 0 Å². The Bertz CT molecular complexity index is 218. The summed E-state index contributed by atoms with van der Waals surface area (Å²) in [5.41, 5.74) is 5.99. The first kappa shape index (κ1) is 14.9. The summed E-state index contributed by atoms with van der Waals surface area (Å²) in [6.07, 6.45) is 6.80. The average Bonchev–Trinajstić information content (AvgIpc) is 2.29. The lowest BCUT2D eigenvalue weighted by Crippen LogP contribution is -2.43. The molecule has 102 valence electrons. The average molecular weight is 242 g/mol. The molecule has 0 aliphatic heterocycles. The Hall–Kier alpha value is -0.120. The minimum atomic E-state index is -0.115. The van der Waals surface area contributed by atoms with Gasteiger partial charge in [0.25, 0.3) is 0 Å². The van der Waals surface area contributed by atoms with Crippen molar-refractivity contribution in [1.82, 2.24) is 4.90 Å². The van der Waals surface area contributed by atoms with Crippen LogP contribution in [-0.2, 0) is 0 Å². The summed E-state index contributed by atoms with van der Waals surface area (Å²) in [6.45, 7) is 6.28. The highest BCUT2D eigenvalue weighted by Crippen LogP contribution is 2.24. The second-order valence-electron chi connectivity index (χ2n) is 6.37. The van der Waals surface area contributed by atoms with Gasteiger partial charge in [0.15, 0.2) is 0 Å². The topological polar surface area (TPSA) is 49.5 Å². The van der Waals surface area contributed by atoms with Gasteiger partial charge in [-0.15, -0.1) is 0 Å². The number of aliphatic hydroxyl groups is 1. The number of aliphatic hydroxyl groups excluding tert-OH is 1. The molecule has 0 amide bonds. The Morgan fingerprint density at radius 3 is 2.53 bits per heavy atom. The Labute approximate surface area is 106 Å². The van der Waals surface area contributed by atoms with Crippen molar-refractivity contribution in [2.45, 2.75) is 64.5 Å². The van der Waals surface area contributed by atoms with Crippen molar-refractivity contribution < 1.29 is 5.11 Å². The predicted molar refractivity (Wildman–Crippen MR) is 73.0 cm³/mol. The molecule has 1 aliphatic rings. The molecule has 0 aromatic carbocycles. The fourth-order valence-corrected chi connectivity index (χ4v) is 2.68. The molecule has 0 aromatic heterocycles. The van der Waals surface area contributed by atoms with Gasteiger partial charge in [-0.1, -0.05) is 26.7 Å². The van der Waals surface area contributed by atoms with Crippen molar-refractivity contribution in [2.24, 2.45) is 11.1 Å². The molecule has 2 atom stereocenters. The Morgan fingerprint density at radius 2 is 1.94 bits per heavy atom. The van der Waals surface area contributed by atoms with Crippen molar-refractivity contribution in [1.29, 1.82) is 0 Å². The van der Waals surface area contributed by atoms with Gasteiger partial charge >= 0.3 is 0 Å².